The fourth-order valence-electron chi connectivity index (χ4n) is 1.64. The van der Waals surface area contributed by atoms with E-state index in [0.717, 1.165) is 24.4 Å². The van der Waals surface area contributed by atoms with E-state index in [1.807, 2.05) is 18.3 Å². The quantitative estimate of drug-likeness (QED) is 0.670. The highest BCUT2D eigenvalue weighted by Crippen LogP contribution is 2.00. The number of furan rings is 1. The first kappa shape index (κ1) is 12.8. The monoisotopic (exact) mass is 250 g/mol. The van der Waals surface area contributed by atoms with E-state index < -0.39 is 0 Å². The summed E-state index contributed by atoms with van der Waals surface area (Å²) < 4.78 is 6.99. The third kappa shape index (κ3) is 3.97. The molecule has 0 fully saturated rings. The van der Waals surface area contributed by atoms with Gasteiger partial charge in [0.2, 0.25) is 0 Å². The van der Waals surface area contributed by atoms with E-state index in [0.29, 0.717) is 19.5 Å². The molecule has 0 unspecified atom stereocenters. The number of nitrogens with zero attached hydrogens (tertiary/aromatic N) is 3. The minimum absolute atomic E-state index is 0.177. The summed E-state index contributed by atoms with van der Waals surface area (Å²) in [5.74, 6) is 0.981. The van der Waals surface area contributed by atoms with E-state index >= 15 is 0 Å². The Morgan fingerprint density at radius 3 is 3.17 bits per heavy atom. The fraction of sp³-hybridized carbons (Fsp3) is 0.500. The van der Waals surface area contributed by atoms with Crippen molar-refractivity contribution in [2.24, 2.45) is 0 Å². The van der Waals surface area contributed by atoms with Crippen molar-refractivity contribution in [2.45, 2.75) is 25.9 Å². The number of rotatable bonds is 8. The smallest absolute Gasteiger partial charge is 0.105 e. The maximum Gasteiger partial charge on any atom is 0.105 e. The molecule has 2 aromatic rings. The van der Waals surface area contributed by atoms with Crippen molar-refractivity contribution in [3.8, 4) is 0 Å². The Bertz CT molecular complexity index is 439. The Hall–Kier alpha value is -1.66. The van der Waals surface area contributed by atoms with Gasteiger partial charge in [-0.2, -0.15) is 0 Å². The third-order valence-electron chi connectivity index (χ3n) is 2.57. The van der Waals surface area contributed by atoms with Crippen LogP contribution in [0.4, 0.5) is 0 Å². The lowest BCUT2D eigenvalue weighted by molar-refractivity contribution is 0.276. The molecule has 0 saturated heterocycles. The molecular weight excluding hydrogens is 232 g/mol. The molecule has 0 saturated carbocycles. The lowest BCUT2D eigenvalue weighted by Gasteiger charge is -2.00. The van der Waals surface area contributed by atoms with Crippen LogP contribution in [0.1, 0.15) is 17.9 Å². The number of aryl methyl sites for hydroxylation is 1. The lowest BCUT2D eigenvalue weighted by Crippen LogP contribution is -2.16. The largest absolute Gasteiger partial charge is 0.469 e. The van der Waals surface area contributed by atoms with Crippen molar-refractivity contribution in [1.82, 2.24) is 20.3 Å². The zero-order valence-electron chi connectivity index (χ0n) is 10.2. The van der Waals surface area contributed by atoms with Crippen LogP contribution >= 0.6 is 0 Å². The van der Waals surface area contributed by atoms with E-state index in [1.54, 1.807) is 10.9 Å². The molecule has 0 aliphatic rings. The average Bonchev–Trinajstić information content (AvgIpc) is 3.04. The third-order valence-corrected chi connectivity index (χ3v) is 2.57. The highest BCUT2D eigenvalue weighted by atomic mass is 16.3. The molecule has 0 aromatic carbocycles. The van der Waals surface area contributed by atoms with E-state index in [-0.39, 0.29) is 6.61 Å². The van der Waals surface area contributed by atoms with Gasteiger partial charge in [0.1, 0.15) is 5.76 Å². The molecule has 0 radical (unpaired) electrons. The summed E-state index contributed by atoms with van der Waals surface area (Å²) in [7, 11) is 0. The molecule has 0 spiro atoms. The molecular formula is C12H18N4O2. The maximum absolute atomic E-state index is 8.72. The van der Waals surface area contributed by atoms with Gasteiger partial charge >= 0.3 is 0 Å². The number of aliphatic hydroxyl groups excluding tert-OH is 1. The van der Waals surface area contributed by atoms with Gasteiger partial charge in [0.05, 0.1) is 12.0 Å². The topological polar surface area (TPSA) is 76.1 Å². The summed E-state index contributed by atoms with van der Waals surface area (Å²) in [6.45, 7) is 2.42. The Balaban J connectivity index is 1.65. The van der Waals surface area contributed by atoms with Gasteiger partial charge in [-0.3, -0.25) is 4.68 Å². The molecule has 2 rings (SSSR count). The summed E-state index contributed by atoms with van der Waals surface area (Å²) in [5.41, 5.74) is 0.910. The molecule has 2 N–H and O–H groups in total. The standard InChI is InChI=1S/C12H18N4O2/c17-7-2-6-16-10-11(14-15-16)9-13-5-4-12-3-1-8-18-12/h1,3,8,10,13,17H,2,4-7,9H2. The van der Waals surface area contributed by atoms with Crippen LogP contribution in [0.25, 0.3) is 0 Å². The van der Waals surface area contributed by atoms with Crippen molar-refractivity contribution < 1.29 is 9.52 Å². The zero-order chi connectivity index (χ0) is 12.6. The van der Waals surface area contributed by atoms with Gasteiger partial charge in [0.25, 0.3) is 0 Å². The molecule has 0 amide bonds. The summed E-state index contributed by atoms with van der Waals surface area (Å²) in [5, 5.41) is 20.0. The SMILES string of the molecule is OCCCn1cc(CNCCc2ccco2)nn1. The predicted octanol–water partition coefficient (Wildman–Crippen LogP) is 0.586. The van der Waals surface area contributed by atoms with Crippen molar-refractivity contribution in [2.75, 3.05) is 13.2 Å². The van der Waals surface area contributed by atoms with Gasteiger partial charge in [0.15, 0.2) is 0 Å². The van der Waals surface area contributed by atoms with E-state index in [1.165, 1.54) is 0 Å². The van der Waals surface area contributed by atoms with Crippen LogP contribution < -0.4 is 5.32 Å². The highest BCUT2D eigenvalue weighted by Gasteiger charge is 2.00. The molecule has 0 aliphatic carbocycles. The molecule has 0 bridgehead atoms. The molecule has 6 heteroatoms. The second-order valence-electron chi connectivity index (χ2n) is 4.06. The lowest BCUT2D eigenvalue weighted by atomic mass is 10.3. The molecule has 0 atom stereocenters. The Kier molecular flexibility index (Phi) is 4.92. The van der Waals surface area contributed by atoms with Crippen LogP contribution in [0, 0.1) is 0 Å². The van der Waals surface area contributed by atoms with Crippen LogP contribution in [0.15, 0.2) is 29.0 Å². The molecule has 98 valence electrons. The van der Waals surface area contributed by atoms with E-state index in [9.17, 15) is 0 Å². The van der Waals surface area contributed by atoms with Gasteiger partial charge in [-0.1, -0.05) is 5.21 Å². The van der Waals surface area contributed by atoms with Crippen molar-refractivity contribution in [3.63, 3.8) is 0 Å². The van der Waals surface area contributed by atoms with E-state index in [2.05, 4.69) is 15.6 Å². The maximum atomic E-state index is 8.72. The minimum Gasteiger partial charge on any atom is -0.469 e. The molecule has 18 heavy (non-hydrogen) atoms. The minimum atomic E-state index is 0.177. The normalized spacial score (nSPS) is 10.9. The molecule has 6 nitrogen and oxygen atoms in total. The summed E-state index contributed by atoms with van der Waals surface area (Å²) in [4.78, 5) is 0. The Morgan fingerprint density at radius 2 is 2.39 bits per heavy atom. The highest BCUT2D eigenvalue weighted by molar-refractivity contribution is 4.98. The Morgan fingerprint density at radius 1 is 1.44 bits per heavy atom. The van der Waals surface area contributed by atoms with Gasteiger partial charge < -0.3 is 14.8 Å². The van der Waals surface area contributed by atoms with Crippen molar-refractivity contribution >= 4 is 0 Å². The number of hydrogen-bond acceptors (Lipinski definition) is 5. The molecule has 2 heterocycles. The first-order valence-corrected chi connectivity index (χ1v) is 6.11. The molecule has 0 aliphatic heterocycles. The zero-order valence-corrected chi connectivity index (χ0v) is 10.2. The first-order chi connectivity index (χ1) is 8.88. The fourth-order valence-corrected chi connectivity index (χ4v) is 1.64. The van der Waals surface area contributed by atoms with Crippen molar-refractivity contribution in [3.05, 3.63) is 36.0 Å². The summed E-state index contributed by atoms with van der Waals surface area (Å²) in [6, 6.07) is 3.86. The van der Waals surface area contributed by atoms with Crippen LogP contribution in [0.3, 0.4) is 0 Å². The van der Waals surface area contributed by atoms with Crippen LogP contribution in [-0.4, -0.2) is 33.3 Å². The van der Waals surface area contributed by atoms with E-state index in [4.69, 9.17) is 9.52 Å². The predicted molar refractivity (Wildman–Crippen MR) is 65.8 cm³/mol. The van der Waals surface area contributed by atoms with Crippen molar-refractivity contribution in [1.29, 1.82) is 0 Å². The van der Waals surface area contributed by atoms with Crippen LogP contribution in [-0.2, 0) is 19.5 Å². The Labute approximate surface area is 106 Å². The summed E-state index contributed by atoms with van der Waals surface area (Å²) >= 11 is 0. The van der Waals surface area contributed by atoms with Crippen LogP contribution in [0.5, 0.6) is 0 Å². The second kappa shape index (κ2) is 6.93. The molecule has 2 aromatic heterocycles. The van der Waals surface area contributed by atoms with Gasteiger partial charge in [-0.05, 0) is 18.6 Å². The summed E-state index contributed by atoms with van der Waals surface area (Å²) in [6.07, 6.45) is 5.15. The number of hydrogen-bond donors (Lipinski definition) is 2. The first-order valence-electron chi connectivity index (χ1n) is 6.11. The van der Waals surface area contributed by atoms with Gasteiger partial charge in [0, 0.05) is 38.9 Å². The van der Waals surface area contributed by atoms with Gasteiger partial charge in [-0.15, -0.1) is 5.10 Å². The number of aromatic nitrogens is 3. The second-order valence-corrected chi connectivity index (χ2v) is 4.06. The number of aliphatic hydroxyl groups is 1. The van der Waals surface area contributed by atoms with Gasteiger partial charge in [-0.25, -0.2) is 0 Å². The number of nitrogens with one attached hydrogen (secondary N) is 1. The van der Waals surface area contributed by atoms with Crippen LogP contribution in [0.2, 0.25) is 0 Å². The average molecular weight is 250 g/mol.